The highest BCUT2D eigenvalue weighted by atomic mass is 32.2. The fourth-order valence-corrected chi connectivity index (χ4v) is 5.43. The summed E-state index contributed by atoms with van der Waals surface area (Å²) in [6.07, 6.45) is 0.00391. The molecule has 0 unspecified atom stereocenters. The molecule has 0 bridgehead atoms. The fourth-order valence-electron chi connectivity index (χ4n) is 3.76. The lowest BCUT2D eigenvalue weighted by molar-refractivity contribution is -0.116. The van der Waals surface area contributed by atoms with E-state index in [4.69, 9.17) is 4.74 Å². The SMILES string of the molecule is COc1ccc(N(CCC(=O)Nc2c(C)cccc2C)S(=O)(=O)c2ccc(C)cc2C)cc1. The van der Waals surface area contributed by atoms with Crippen LogP contribution in [0.1, 0.15) is 28.7 Å². The Morgan fingerprint density at radius 2 is 1.55 bits per heavy atom. The number of ether oxygens (including phenoxy) is 1. The number of carbonyl (C=O) groups excluding carboxylic acids is 1. The van der Waals surface area contributed by atoms with E-state index in [-0.39, 0.29) is 23.8 Å². The van der Waals surface area contributed by atoms with Gasteiger partial charge in [0.15, 0.2) is 0 Å². The molecule has 7 heteroatoms. The Morgan fingerprint density at radius 1 is 0.909 bits per heavy atom. The van der Waals surface area contributed by atoms with Crippen LogP contribution >= 0.6 is 0 Å². The van der Waals surface area contributed by atoms with Gasteiger partial charge in [0.25, 0.3) is 10.0 Å². The van der Waals surface area contributed by atoms with E-state index in [9.17, 15) is 13.2 Å². The predicted molar refractivity (Wildman–Crippen MR) is 133 cm³/mol. The summed E-state index contributed by atoms with van der Waals surface area (Å²) >= 11 is 0. The van der Waals surface area contributed by atoms with E-state index in [0.29, 0.717) is 17.0 Å². The molecule has 0 saturated heterocycles. The molecule has 174 valence electrons. The van der Waals surface area contributed by atoms with Crippen molar-refractivity contribution in [2.75, 3.05) is 23.3 Å². The number of hydrogen-bond acceptors (Lipinski definition) is 4. The molecule has 1 N–H and O–H groups in total. The van der Waals surface area contributed by atoms with E-state index in [1.807, 2.05) is 45.0 Å². The van der Waals surface area contributed by atoms with E-state index in [1.54, 1.807) is 50.4 Å². The third-order valence-electron chi connectivity index (χ3n) is 5.55. The van der Waals surface area contributed by atoms with Crippen molar-refractivity contribution >= 4 is 27.3 Å². The van der Waals surface area contributed by atoms with E-state index < -0.39 is 10.0 Å². The number of aryl methyl sites for hydroxylation is 4. The number of nitrogens with one attached hydrogen (secondary N) is 1. The Bertz CT molecular complexity index is 1230. The molecule has 3 rings (SSSR count). The second-order valence-electron chi connectivity index (χ2n) is 8.11. The van der Waals surface area contributed by atoms with Crippen LogP contribution in [0.3, 0.4) is 0 Å². The minimum absolute atomic E-state index is 0.00125. The lowest BCUT2D eigenvalue weighted by Crippen LogP contribution is -2.34. The topological polar surface area (TPSA) is 75.7 Å². The number of nitrogens with zero attached hydrogens (tertiary/aromatic N) is 1. The van der Waals surface area contributed by atoms with Crippen LogP contribution in [0.5, 0.6) is 5.75 Å². The summed E-state index contributed by atoms with van der Waals surface area (Å²) in [5, 5.41) is 2.93. The quantitative estimate of drug-likeness (QED) is 0.498. The zero-order valence-corrected chi connectivity index (χ0v) is 20.5. The first kappa shape index (κ1) is 24.3. The largest absolute Gasteiger partial charge is 0.497 e. The molecule has 1 amide bonds. The van der Waals surface area contributed by atoms with Crippen molar-refractivity contribution in [1.29, 1.82) is 0 Å². The minimum atomic E-state index is -3.89. The summed E-state index contributed by atoms with van der Waals surface area (Å²) in [5.41, 5.74) is 4.78. The van der Waals surface area contributed by atoms with Crippen molar-refractivity contribution in [3.63, 3.8) is 0 Å². The van der Waals surface area contributed by atoms with E-state index in [0.717, 1.165) is 22.4 Å². The summed E-state index contributed by atoms with van der Waals surface area (Å²) in [5.74, 6) is 0.372. The molecule has 0 aromatic heterocycles. The number of sulfonamides is 1. The molecule has 6 nitrogen and oxygen atoms in total. The number of hydrogen-bond donors (Lipinski definition) is 1. The van der Waals surface area contributed by atoms with Crippen LogP contribution in [0.2, 0.25) is 0 Å². The van der Waals surface area contributed by atoms with Crippen LogP contribution in [-0.4, -0.2) is 28.0 Å². The molecular formula is C26H30N2O4S. The second-order valence-corrected chi connectivity index (χ2v) is 9.94. The second kappa shape index (κ2) is 10.1. The third kappa shape index (κ3) is 5.54. The molecule has 33 heavy (non-hydrogen) atoms. The van der Waals surface area contributed by atoms with Gasteiger partial charge in [-0.2, -0.15) is 0 Å². The van der Waals surface area contributed by atoms with Crippen LogP contribution in [0.15, 0.2) is 65.6 Å². The Labute approximate surface area is 196 Å². The highest BCUT2D eigenvalue weighted by Crippen LogP contribution is 2.28. The first-order chi connectivity index (χ1) is 15.6. The third-order valence-corrected chi connectivity index (χ3v) is 7.53. The fraction of sp³-hybridized carbons (Fsp3) is 0.269. The molecule has 0 atom stereocenters. The number of benzene rings is 3. The molecule has 0 saturated carbocycles. The number of carbonyl (C=O) groups is 1. The van der Waals surface area contributed by atoms with Crippen molar-refractivity contribution in [2.45, 2.75) is 39.0 Å². The maximum absolute atomic E-state index is 13.7. The Balaban J connectivity index is 1.91. The molecular weight excluding hydrogens is 436 g/mol. The van der Waals surface area contributed by atoms with Crippen molar-refractivity contribution in [2.24, 2.45) is 0 Å². The molecule has 3 aromatic carbocycles. The smallest absolute Gasteiger partial charge is 0.264 e. The van der Waals surface area contributed by atoms with Gasteiger partial charge >= 0.3 is 0 Å². The zero-order chi connectivity index (χ0) is 24.2. The van der Waals surface area contributed by atoms with Crippen LogP contribution in [0.25, 0.3) is 0 Å². The number of methoxy groups -OCH3 is 1. The maximum atomic E-state index is 13.7. The maximum Gasteiger partial charge on any atom is 0.264 e. The van der Waals surface area contributed by atoms with Gasteiger partial charge in [-0.3, -0.25) is 9.10 Å². The van der Waals surface area contributed by atoms with Gasteiger partial charge in [-0.1, -0.05) is 35.9 Å². The summed E-state index contributed by atoms with van der Waals surface area (Å²) in [7, 11) is -2.34. The van der Waals surface area contributed by atoms with Crippen molar-refractivity contribution in [3.05, 3.63) is 82.9 Å². The van der Waals surface area contributed by atoms with Gasteiger partial charge in [0.1, 0.15) is 5.75 Å². The summed E-state index contributed by atoms with van der Waals surface area (Å²) < 4.78 is 33.8. The molecule has 0 heterocycles. The molecule has 0 fully saturated rings. The van der Waals surface area contributed by atoms with Gasteiger partial charge in [0.05, 0.1) is 17.7 Å². The van der Waals surface area contributed by atoms with Gasteiger partial charge in [0, 0.05) is 18.7 Å². The normalized spacial score (nSPS) is 11.2. The highest BCUT2D eigenvalue weighted by molar-refractivity contribution is 7.92. The number of anilines is 2. The first-order valence-electron chi connectivity index (χ1n) is 10.7. The molecule has 0 aliphatic carbocycles. The van der Waals surface area contributed by atoms with Crippen LogP contribution < -0.4 is 14.4 Å². The summed E-state index contributed by atoms with van der Waals surface area (Å²) in [6, 6.07) is 17.8. The standard InChI is InChI=1S/C26H30N2O4S/c1-18-9-14-24(21(4)17-18)33(30,31)28(22-10-12-23(32-5)13-11-22)16-15-25(29)27-26-19(2)7-6-8-20(26)3/h6-14,17H,15-16H2,1-5H3,(H,27,29). The predicted octanol–water partition coefficient (Wildman–Crippen LogP) is 5.15. The Morgan fingerprint density at radius 3 is 2.12 bits per heavy atom. The Kier molecular flexibility index (Phi) is 7.43. The van der Waals surface area contributed by atoms with E-state index >= 15 is 0 Å². The summed E-state index contributed by atoms with van der Waals surface area (Å²) in [6.45, 7) is 7.55. The van der Waals surface area contributed by atoms with Gasteiger partial charge in [-0.15, -0.1) is 0 Å². The van der Waals surface area contributed by atoms with Crippen molar-refractivity contribution in [3.8, 4) is 5.75 Å². The van der Waals surface area contributed by atoms with Crippen LogP contribution in [-0.2, 0) is 14.8 Å². The summed E-state index contributed by atoms with van der Waals surface area (Å²) in [4.78, 5) is 13.0. The monoisotopic (exact) mass is 466 g/mol. The van der Waals surface area contributed by atoms with Crippen molar-refractivity contribution < 1.29 is 17.9 Å². The number of para-hydroxylation sites is 1. The van der Waals surface area contributed by atoms with Gasteiger partial charge in [-0.25, -0.2) is 8.42 Å². The zero-order valence-electron chi connectivity index (χ0n) is 19.7. The Hall–Kier alpha value is -3.32. The average Bonchev–Trinajstić information content (AvgIpc) is 2.76. The number of amides is 1. The minimum Gasteiger partial charge on any atom is -0.497 e. The molecule has 0 spiro atoms. The van der Waals surface area contributed by atoms with E-state index in [2.05, 4.69) is 5.32 Å². The number of rotatable bonds is 8. The van der Waals surface area contributed by atoms with Crippen LogP contribution in [0.4, 0.5) is 11.4 Å². The molecule has 3 aromatic rings. The first-order valence-corrected chi connectivity index (χ1v) is 12.2. The van der Waals surface area contributed by atoms with Crippen molar-refractivity contribution in [1.82, 2.24) is 0 Å². The lowest BCUT2D eigenvalue weighted by atomic mass is 10.1. The molecule has 0 aliphatic heterocycles. The average molecular weight is 467 g/mol. The lowest BCUT2D eigenvalue weighted by Gasteiger charge is -2.25. The van der Waals surface area contributed by atoms with Gasteiger partial charge < -0.3 is 10.1 Å². The highest BCUT2D eigenvalue weighted by Gasteiger charge is 2.27. The van der Waals surface area contributed by atoms with Crippen LogP contribution in [0, 0.1) is 27.7 Å². The molecule has 0 aliphatic rings. The molecule has 0 radical (unpaired) electrons. The van der Waals surface area contributed by atoms with E-state index in [1.165, 1.54) is 4.31 Å². The van der Waals surface area contributed by atoms with Gasteiger partial charge in [-0.05, 0) is 74.7 Å². The van der Waals surface area contributed by atoms with Gasteiger partial charge in [0.2, 0.25) is 5.91 Å².